The molecule has 0 N–H and O–H groups in total. The molecule has 0 aromatic carbocycles. The second-order valence-corrected chi connectivity index (χ2v) is 4.94. The summed E-state index contributed by atoms with van der Waals surface area (Å²) in [7, 11) is 2.04. The van der Waals surface area contributed by atoms with Gasteiger partial charge >= 0.3 is 0 Å². The third-order valence-electron chi connectivity index (χ3n) is 3.22. The number of rotatable bonds is 6. The van der Waals surface area contributed by atoms with Crippen LogP contribution in [0.15, 0.2) is 59.2 Å². The molecule has 1 rings (SSSR count). The number of nitrogens with zero attached hydrogens (tertiary/aromatic N) is 3. The van der Waals surface area contributed by atoms with Crippen LogP contribution in [-0.4, -0.2) is 22.0 Å². The number of allylic oxidation sites excluding steroid dienone is 3. The van der Waals surface area contributed by atoms with Gasteiger partial charge in [0.15, 0.2) is 0 Å². The third-order valence-corrected chi connectivity index (χ3v) is 3.22. The smallest absolute Gasteiger partial charge is 0.0655 e. The zero-order valence-electron chi connectivity index (χ0n) is 13.7. The first-order valence-electron chi connectivity index (χ1n) is 7.17. The van der Waals surface area contributed by atoms with E-state index in [1.165, 1.54) is 0 Å². The molecule has 112 valence electrons. The molecule has 0 saturated carbocycles. The summed E-state index contributed by atoms with van der Waals surface area (Å²) in [6.07, 6.45) is 9.40. The van der Waals surface area contributed by atoms with Crippen molar-refractivity contribution in [2.24, 2.45) is 17.0 Å². The fourth-order valence-electron chi connectivity index (χ4n) is 2.21. The summed E-state index contributed by atoms with van der Waals surface area (Å²) < 4.78 is 2.13. The summed E-state index contributed by atoms with van der Waals surface area (Å²) in [5, 5.41) is 0. The Balaban J connectivity index is 3.07. The van der Waals surface area contributed by atoms with Gasteiger partial charge in [0.25, 0.3) is 0 Å². The minimum absolute atomic E-state index is 0.193. The Kier molecular flexibility index (Phi) is 6.60. The van der Waals surface area contributed by atoms with Crippen LogP contribution in [0, 0.1) is 0 Å². The van der Waals surface area contributed by atoms with Gasteiger partial charge in [-0.05, 0) is 45.9 Å². The predicted octanol–water partition coefficient (Wildman–Crippen LogP) is 4.31. The third kappa shape index (κ3) is 4.71. The molecule has 21 heavy (non-hydrogen) atoms. The first-order chi connectivity index (χ1) is 10.0. The SMILES string of the molecule is C=C/C=C/N=C(C)c1ccc(C(C)=NC(C)/C=C\C)n1C. The van der Waals surface area contributed by atoms with Crippen molar-refractivity contribution in [1.82, 2.24) is 4.57 Å². The van der Waals surface area contributed by atoms with E-state index < -0.39 is 0 Å². The molecule has 1 unspecified atom stereocenters. The fraction of sp³-hybridized carbons (Fsp3) is 0.333. The average molecular weight is 283 g/mol. The van der Waals surface area contributed by atoms with Gasteiger partial charge in [-0.1, -0.05) is 24.8 Å². The minimum Gasteiger partial charge on any atom is -0.342 e. The molecule has 0 aliphatic rings. The maximum Gasteiger partial charge on any atom is 0.0655 e. The van der Waals surface area contributed by atoms with Crippen LogP contribution in [0.4, 0.5) is 0 Å². The van der Waals surface area contributed by atoms with Crippen molar-refractivity contribution in [3.63, 3.8) is 0 Å². The molecule has 0 fully saturated rings. The molecule has 0 amide bonds. The Morgan fingerprint density at radius 3 is 2.43 bits per heavy atom. The van der Waals surface area contributed by atoms with E-state index in [-0.39, 0.29) is 6.04 Å². The highest BCUT2D eigenvalue weighted by Crippen LogP contribution is 2.11. The highest BCUT2D eigenvalue weighted by molar-refractivity contribution is 6.02. The van der Waals surface area contributed by atoms with Crippen LogP contribution in [0.1, 0.15) is 39.1 Å². The van der Waals surface area contributed by atoms with Gasteiger partial charge in [0.2, 0.25) is 0 Å². The highest BCUT2D eigenvalue weighted by atomic mass is 15.0. The van der Waals surface area contributed by atoms with E-state index in [1.54, 1.807) is 12.3 Å². The number of hydrogen-bond donors (Lipinski definition) is 0. The van der Waals surface area contributed by atoms with Crippen LogP contribution in [0.5, 0.6) is 0 Å². The maximum atomic E-state index is 4.69. The van der Waals surface area contributed by atoms with E-state index in [1.807, 2.05) is 40.0 Å². The van der Waals surface area contributed by atoms with Gasteiger partial charge < -0.3 is 4.57 Å². The van der Waals surface area contributed by atoms with E-state index in [2.05, 4.69) is 46.3 Å². The first kappa shape index (κ1) is 16.9. The molecule has 0 radical (unpaired) electrons. The summed E-state index contributed by atoms with van der Waals surface area (Å²) in [4.78, 5) is 9.09. The predicted molar refractivity (Wildman–Crippen MR) is 93.4 cm³/mol. The molecule has 0 aliphatic carbocycles. The van der Waals surface area contributed by atoms with Crippen molar-refractivity contribution in [3.8, 4) is 0 Å². The van der Waals surface area contributed by atoms with Crippen LogP contribution < -0.4 is 0 Å². The topological polar surface area (TPSA) is 29.6 Å². The molecule has 0 bridgehead atoms. The Hall–Kier alpha value is -2.16. The second kappa shape index (κ2) is 8.20. The summed E-state index contributed by atoms with van der Waals surface area (Å²) in [5.74, 6) is 0. The lowest BCUT2D eigenvalue weighted by Gasteiger charge is -2.08. The van der Waals surface area contributed by atoms with Crippen LogP contribution in [-0.2, 0) is 7.05 Å². The van der Waals surface area contributed by atoms with E-state index >= 15 is 0 Å². The van der Waals surface area contributed by atoms with Gasteiger partial charge in [-0.15, -0.1) is 0 Å². The van der Waals surface area contributed by atoms with Crippen molar-refractivity contribution in [3.05, 3.63) is 60.6 Å². The minimum atomic E-state index is 0.193. The Morgan fingerprint density at radius 1 is 1.24 bits per heavy atom. The lowest BCUT2D eigenvalue weighted by Crippen LogP contribution is -2.10. The lowest BCUT2D eigenvalue weighted by molar-refractivity contribution is 0.882. The van der Waals surface area contributed by atoms with Crippen molar-refractivity contribution in [2.75, 3.05) is 0 Å². The number of aromatic nitrogens is 1. The quantitative estimate of drug-likeness (QED) is 0.423. The first-order valence-corrected chi connectivity index (χ1v) is 7.17. The molecule has 1 atom stereocenters. The zero-order chi connectivity index (χ0) is 15.8. The van der Waals surface area contributed by atoms with Crippen LogP contribution in [0.2, 0.25) is 0 Å². The molecule has 0 spiro atoms. The molecule has 1 aromatic rings. The average Bonchev–Trinajstić information content (AvgIpc) is 2.81. The molecule has 3 nitrogen and oxygen atoms in total. The number of hydrogen-bond acceptors (Lipinski definition) is 2. The van der Waals surface area contributed by atoms with Crippen LogP contribution in [0.25, 0.3) is 0 Å². The molecular formula is C18H25N3. The fourth-order valence-corrected chi connectivity index (χ4v) is 2.21. The summed E-state index contributed by atoms with van der Waals surface area (Å²) in [6, 6.07) is 4.36. The van der Waals surface area contributed by atoms with Gasteiger partial charge in [0, 0.05) is 13.2 Å². The number of aliphatic imine (C=N–C) groups is 2. The van der Waals surface area contributed by atoms with Crippen molar-refractivity contribution < 1.29 is 0 Å². The van der Waals surface area contributed by atoms with E-state index in [9.17, 15) is 0 Å². The molecular weight excluding hydrogens is 258 g/mol. The van der Waals surface area contributed by atoms with Gasteiger partial charge in [0.1, 0.15) is 0 Å². The van der Waals surface area contributed by atoms with Gasteiger partial charge in [-0.2, -0.15) is 0 Å². The highest BCUT2D eigenvalue weighted by Gasteiger charge is 2.09. The standard InChI is InChI=1S/C18H25N3/c1-7-9-13-19-15(4)17-11-12-18(21(17)6)16(5)20-14(3)10-8-2/h7-14H,1H2,2-6H3/b10-8-,13-9+,19-15?,20-16?. The second-order valence-electron chi connectivity index (χ2n) is 4.94. The van der Waals surface area contributed by atoms with E-state index in [4.69, 9.17) is 0 Å². The Bertz CT molecular complexity index is 598. The normalized spacial score (nSPS) is 15.1. The Morgan fingerprint density at radius 2 is 1.86 bits per heavy atom. The van der Waals surface area contributed by atoms with Crippen molar-refractivity contribution in [1.29, 1.82) is 0 Å². The van der Waals surface area contributed by atoms with Crippen LogP contribution in [0.3, 0.4) is 0 Å². The van der Waals surface area contributed by atoms with Gasteiger partial charge in [-0.25, -0.2) is 0 Å². The lowest BCUT2D eigenvalue weighted by atomic mass is 10.2. The zero-order valence-corrected chi connectivity index (χ0v) is 13.7. The van der Waals surface area contributed by atoms with Gasteiger partial charge in [0.05, 0.1) is 28.9 Å². The molecule has 0 saturated heterocycles. The van der Waals surface area contributed by atoms with Crippen molar-refractivity contribution >= 4 is 11.4 Å². The summed E-state index contributed by atoms with van der Waals surface area (Å²) >= 11 is 0. The van der Waals surface area contributed by atoms with Crippen LogP contribution >= 0.6 is 0 Å². The van der Waals surface area contributed by atoms with Gasteiger partial charge in [-0.3, -0.25) is 9.98 Å². The molecule has 0 aliphatic heterocycles. The monoisotopic (exact) mass is 283 g/mol. The summed E-state index contributed by atoms with van der Waals surface area (Å²) in [5.41, 5.74) is 4.20. The van der Waals surface area contributed by atoms with Crippen molar-refractivity contribution in [2.45, 2.75) is 33.7 Å². The molecule has 1 heterocycles. The maximum absolute atomic E-state index is 4.69. The largest absolute Gasteiger partial charge is 0.342 e. The van der Waals surface area contributed by atoms with E-state index in [0.29, 0.717) is 0 Å². The molecule has 3 heteroatoms. The summed E-state index contributed by atoms with van der Waals surface area (Å²) in [6.45, 7) is 11.8. The van der Waals surface area contributed by atoms with E-state index in [0.717, 1.165) is 22.8 Å². The molecule has 1 aromatic heterocycles. The Labute approximate surface area is 128 Å².